The molecule has 1 aliphatic heterocycles. The van der Waals surface area contributed by atoms with Crippen LogP contribution in [0.1, 0.15) is 31.8 Å². The Labute approximate surface area is 222 Å². The number of fused-ring (bicyclic) bond motifs is 1. The van der Waals surface area contributed by atoms with Gasteiger partial charge in [-0.25, -0.2) is 0 Å². The van der Waals surface area contributed by atoms with Crippen molar-refractivity contribution in [2.75, 3.05) is 5.32 Å². The molecule has 5 nitrogen and oxygen atoms in total. The van der Waals surface area contributed by atoms with Crippen LogP contribution in [-0.4, -0.2) is 28.7 Å². The topological polar surface area (TPSA) is 66.5 Å². The van der Waals surface area contributed by atoms with Crippen molar-refractivity contribution in [1.29, 1.82) is 0 Å². The van der Waals surface area contributed by atoms with Crippen LogP contribution < -0.4 is 5.32 Å². The first-order chi connectivity index (χ1) is 16.9. The van der Waals surface area contributed by atoms with Gasteiger partial charge in [0.15, 0.2) is 0 Å². The maximum atomic E-state index is 13.5. The maximum Gasteiger partial charge on any atom is 0.418 e. The van der Waals surface area contributed by atoms with Crippen LogP contribution in [0.15, 0.2) is 54.6 Å². The summed E-state index contributed by atoms with van der Waals surface area (Å²) in [6.07, 6.45) is -4.97. The highest BCUT2D eigenvalue weighted by Gasteiger charge is 2.47. The van der Waals surface area contributed by atoms with E-state index in [2.05, 4.69) is 5.32 Å². The van der Waals surface area contributed by atoms with Gasteiger partial charge in [-0.05, 0) is 17.7 Å². The first kappa shape index (κ1) is 26.3. The number of nitrogens with zero attached hydrogens (tertiary/aromatic N) is 1. The lowest BCUT2D eigenvalue weighted by Crippen LogP contribution is -2.48. The number of nitrogens with one attached hydrogen (secondary N) is 1. The average molecular weight is 576 g/mol. The van der Waals surface area contributed by atoms with E-state index in [9.17, 15) is 27.6 Å². The number of rotatable bonds is 5. The number of amides is 3. The Hall–Kier alpha value is -2.78. The fourth-order valence-electron chi connectivity index (χ4n) is 3.84. The molecule has 0 radical (unpaired) electrons. The van der Waals surface area contributed by atoms with Crippen LogP contribution in [0, 0.1) is 0 Å². The summed E-state index contributed by atoms with van der Waals surface area (Å²) in [5, 5.41) is 1.04. The molecule has 0 bridgehead atoms. The first-order valence-corrected chi connectivity index (χ1v) is 11.7. The van der Waals surface area contributed by atoms with Crippen LogP contribution in [0.2, 0.25) is 20.1 Å². The molecular weight excluding hydrogens is 563 g/mol. The molecule has 1 N–H and O–H groups in total. The van der Waals surface area contributed by atoms with E-state index in [-0.39, 0.29) is 37.6 Å². The molecule has 1 aliphatic rings. The van der Waals surface area contributed by atoms with Gasteiger partial charge in [-0.1, -0.05) is 88.9 Å². The quantitative estimate of drug-likeness (QED) is 0.199. The van der Waals surface area contributed by atoms with E-state index in [4.69, 9.17) is 46.4 Å². The summed E-state index contributed by atoms with van der Waals surface area (Å²) in [6, 6.07) is 11.1. The van der Waals surface area contributed by atoms with Gasteiger partial charge < -0.3 is 5.32 Å². The zero-order valence-electron chi connectivity index (χ0n) is 17.8. The van der Waals surface area contributed by atoms with Crippen LogP contribution >= 0.6 is 46.4 Å². The third kappa shape index (κ3) is 4.66. The number of carbonyl (C=O) groups is 3. The van der Waals surface area contributed by atoms with Gasteiger partial charge in [-0.3, -0.25) is 19.3 Å². The second-order valence-electron chi connectivity index (χ2n) is 7.72. The lowest BCUT2D eigenvalue weighted by atomic mass is 10.0. The van der Waals surface area contributed by atoms with Gasteiger partial charge in [0, 0.05) is 6.42 Å². The predicted octanol–water partition coefficient (Wildman–Crippen LogP) is 7.17. The van der Waals surface area contributed by atoms with Gasteiger partial charge in [0.25, 0.3) is 11.8 Å². The predicted molar refractivity (Wildman–Crippen MR) is 131 cm³/mol. The van der Waals surface area contributed by atoms with E-state index in [0.717, 1.165) is 12.1 Å². The molecule has 4 rings (SSSR count). The van der Waals surface area contributed by atoms with Crippen molar-refractivity contribution in [3.63, 3.8) is 0 Å². The minimum atomic E-state index is -4.76. The van der Waals surface area contributed by atoms with Crippen molar-refractivity contribution in [3.8, 4) is 0 Å². The molecule has 0 spiro atoms. The Morgan fingerprint density at radius 1 is 0.806 bits per heavy atom. The number of halogens is 7. The Morgan fingerprint density at radius 2 is 1.31 bits per heavy atom. The van der Waals surface area contributed by atoms with Crippen molar-refractivity contribution in [2.45, 2.75) is 18.6 Å². The third-order valence-electron chi connectivity index (χ3n) is 5.51. The summed E-state index contributed by atoms with van der Waals surface area (Å²) in [5.41, 5.74) is -1.78. The summed E-state index contributed by atoms with van der Waals surface area (Å²) in [5.74, 6) is -3.00. The molecule has 0 saturated heterocycles. The van der Waals surface area contributed by atoms with Crippen LogP contribution in [0.3, 0.4) is 0 Å². The van der Waals surface area contributed by atoms with E-state index in [1.54, 1.807) is 30.3 Å². The lowest BCUT2D eigenvalue weighted by molar-refractivity contribution is -0.137. The number of alkyl halides is 3. The molecule has 0 unspecified atom stereocenters. The molecule has 186 valence electrons. The Bertz CT molecular complexity index is 1350. The van der Waals surface area contributed by atoms with Crippen molar-refractivity contribution >= 4 is 69.8 Å². The minimum Gasteiger partial charge on any atom is -0.324 e. The smallest absolute Gasteiger partial charge is 0.324 e. The number of hydrogen-bond donors (Lipinski definition) is 1. The summed E-state index contributed by atoms with van der Waals surface area (Å²) in [4.78, 5) is 40.7. The van der Waals surface area contributed by atoms with Crippen LogP contribution in [0.25, 0.3) is 0 Å². The molecule has 0 fully saturated rings. The van der Waals surface area contributed by atoms with Gasteiger partial charge in [-0.15, -0.1) is 0 Å². The number of anilines is 1. The molecule has 12 heteroatoms. The molecule has 3 aromatic carbocycles. The summed E-state index contributed by atoms with van der Waals surface area (Å²) < 4.78 is 40.5. The van der Waals surface area contributed by atoms with Crippen LogP contribution in [-0.2, 0) is 17.4 Å². The van der Waals surface area contributed by atoms with Crippen LogP contribution in [0.5, 0.6) is 0 Å². The first-order valence-electron chi connectivity index (χ1n) is 10.2. The normalized spacial score (nSPS) is 14.1. The standard InChI is InChI=1S/C24H13Cl4F3N2O3/c25-17-15-16(18(26)20(28)19(17)27)23(36)33(22(15)35)14(10-11-6-2-1-3-7-11)21(34)32-13-9-5-4-8-12(13)24(29,30)31/h1-9,14H,10H2,(H,32,34)/t14-/m1/s1. The molecule has 1 atom stereocenters. The fourth-order valence-corrected chi connectivity index (χ4v) is 4.86. The molecule has 3 aromatic rings. The zero-order valence-corrected chi connectivity index (χ0v) is 20.8. The fraction of sp³-hybridized carbons (Fsp3) is 0.125. The molecule has 36 heavy (non-hydrogen) atoms. The van der Waals surface area contributed by atoms with Crippen molar-refractivity contribution in [3.05, 3.63) is 96.9 Å². The average Bonchev–Trinajstić information content (AvgIpc) is 3.10. The van der Waals surface area contributed by atoms with Crippen molar-refractivity contribution < 1.29 is 27.6 Å². The zero-order chi connectivity index (χ0) is 26.4. The van der Waals surface area contributed by atoms with Crippen LogP contribution in [0.4, 0.5) is 18.9 Å². The van der Waals surface area contributed by atoms with Crippen molar-refractivity contribution in [1.82, 2.24) is 4.90 Å². The summed E-state index contributed by atoms with van der Waals surface area (Å²) in [7, 11) is 0. The highest BCUT2D eigenvalue weighted by molar-refractivity contribution is 6.55. The van der Waals surface area contributed by atoms with Gasteiger partial charge in [0.05, 0.1) is 42.5 Å². The maximum absolute atomic E-state index is 13.5. The van der Waals surface area contributed by atoms with E-state index in [0.29, 0.717) is 10.5 Å². The van der Waals surface area contributed by atoms with E-state index in [1.807, 2.05) is 0 Å². The van der Waals surface area contributed by atoms with E-state index < -0.39 is 41.2 Å². The molecule has 0 saturated carbocycles. The number of carbonyl (C=O) groups excluding carboxylic acids is 3. The van der Waals surface area contributed by atoms with Crippen molar-refractivity contribution in [2.24, 2.45) is 0 Å². The molecule has 3 amide bonds. The highest BCUT2D eigenvalue weighted by Crippen LogP contribution is 2.45. The lowest BCUT2D eigenvalue weighted by Gasteiger charge is -2.26. The van der Waals surface area contributed by atoms with E-state index in [1.165, 1.54) is 12.1 Å². The van der Waals surface area contributed by atoms with Gasteiger partial charge in [0.1, 0.15) is 6.04 Å². The monoisotopic (exact) mass is 574 g/mol. The largest absolute Gasteiger partial charge is 0.418 e. The SMILES string of the molecule is O=C(Nc1ccccc1C(F)(F)F)[C@@H](Cc1ccccc1)N1C(=O)c2c(Cl)c(Cl)c(Cl)c(Cl)c2C1=O. The Kier molecular flexibility index (Phi) is 7.26. The third-order valence-corrected chi connectivity index (χ3v) is 7.31. The molecule has 1 heterocycles. The second kappa shape index (κ2) is 9.94. The summed E-state index contributed by atoms with van der Waals surface area (Å²) in [6.45, 7) is 0. The summed E-state index contributed by atoms with van der Waals surface area (Å²) >= 11 is 24.5. The number of para-hydroxylation sites is 1. The number of imide groups is 1. The second-order valence-corrected chi connectivity index (χ2v) is 9.24. The molecule has 0 aliphatic carbocycles. The Morgan fingerprint density at radius 3 is 1.83 bits per heavy atom. The molecule has 0 aromatic heterocycles. The Balaban J connectivity index is 1.79. The number of hydrogen-bond acceptors (Lipinski definition) is 3. The molecular formula is C24H13Cl4F3N2O3. The highest BCUT2D eigenvalue weighted by atomic mass is 35.5. The van der Waals surface area contributed by atoms with Gasteiger partial charge in [-0.2, -0.15) is 13.2 Å². The van der Waals surface area contributed by atoms with Gasteiger partial charge in [0.2, 0.25) is 5.91 Å². The number of benzene rings is 3. The van der Waals surface area contributed by atoms with Gasteiger partial charge >= 0.3 is 6.18 Å². The minimum absolute atomic E-state index is 0.205. The van der Waals surface area contributed by atoms with E-state index >= 15 is 0 Å².